The molecule has 9 heteroatoms. The molecule has 0 saturated heterocycles. The van der Waals surface area contributed by atoms with Crippen LogP contribution in [0.5, 0.6) is 0 Å². The van der Waals surface area contributed by atoms with Crippen molar-refractivity contribution in [1.29, 1.82) is 0 Å². The minimum atomic E-state index is -2.27. The predicted molar refractivity (Wildman–Crippen MR) is 32.0 cm³/mol. The summed E-state index contributed by atoms with van der Waals surface area (Å²) in [7, 11) is 0. The molecule has 2 N–H and O–H groups in total. The monoisotopic (exact) mass is 253 g/mol. The van der Waals surface area contributed by atoms with Gasteiger partial charge in [-0.2, -0.15) is 0 Å². The predicted octanol–water partition coefficient (Wildman–Crippen LogP) is -2.37. The molecule has 1 radical (unpaired) electrons. The maximum atomic E-state index is 9.12. The van der Waals surface area contributed by atoms with Crippen molar-refractivity contribution in [3.8, 4) is 0 Å². The van der Waals surface area contributed by atoms with Crippen LogP contribution in [0.2, 0.25) is 0 Å². The second kappa shape index (κ2) is 13.3. The minimum absolute atomic E-state index is 0. The molecule has 0 aliphatic rings. The largest absolute Gasteiger partial charge is 2.00 e. The van der Waals surface area contributed by atoms with Gasteiger partial charge in [0.2, 0.25) is 0 Å². The molecule has 0 bridgehead atoms. The Kier molecular flexibility index (Phi) is 21.3. The Morgan fingerprint density at radius 3 is 1.09 bits per heavy atom. The van der Waals surface area contributed by atoms with Crippen molar-refractivity contribution in [2.24, 2.45) is 0 Å². The van der Waals surface area contributed by atoms with Crippen LogP contribution in [0.1, 0.15) is 0 Å². The molecular weight excluding hydrogens is 248 g/mol. The summed E-state index contributed by atoms with van der Waals surface area (Å²) in [5.41, 5.74) is 0. The SMILES string of the molecule is O=S([O-])CO.O=S([O-])CO.[Cu+2]. The van der Waals surface area contributed by atoms with Gasteiger partial charge < -0.3 is 19.3 Å². The Balaban J connectivity index is -0.000000107. The number of rotatable bonds is 2. The van der Waals surface area contributed by atoms with Crippen molar-refractivity contribution in [2.45, 2.75) is 0 Å². The number of hydrogen-bond donors (Lipinski definition) is 2. The minimum Gasteiger partial charge on any atom is -0.771 e. The first-order valence-corrected chi connectivity index (χ1v) is 4.36. The zero-order valence-corrected chi connectivity index (χ0v) is 7.63. The van der Waals surface area contributed by atoms with Crippen LogP contribution in [-0.4, -0.2) is 39.6 Å². The van der Waals surface area contributed by atoms with Crippen molar-refractivity contribution in [3.63, 3.8) is 0 Å². The Bertz CT molecular complexity index is 103. The summed E-state index contributed by atoms with van der Waals surface area (Å²) >= 11 is -4.53. The van der Waals surface area contributed by atoms with E-state index in [1.54, 1.807) is 0 Å². The fourth-order valence-corrected chi connectivity index (χ4v) is 0. The Morgan fingerprint density at radius 1 is 1.00 bits per heavy atom. The molecule has 6 nitrogen and oxygen atoms in total. The van der Waals surface area contributed by atoms with Crippen LogP contribution in [0.25, 0.3) is 0 Å². The van der Waals surface area contributed by atoms with E-state index in [1.807, 2.05) is 0 Å². The average Bonchev–Trinajstić information content (AvgIpc) is 1.89. The summed E-state index contributed by atoms with van der Waals surface area (Å²) in [5.74, 6) is -1.56. The molecule has 11 heavy (non-hydrogen) atoms. The third-order valence-electron chi connectivity index (χ3n) is 0.211. The molecular formula is C2H6CuO6S2. The fourth-order valence-electron chi connectivity index (χ4n) is 0. The van der Waals surface area contributed by atoms with Gasteiger partial charge in [-0.15, -0.1) is 0 Å². The molecule has 0 fully saturated rings. The molecule has 0 heterocycles. The van der Waals surface area contributed by atoms with Gasteiger partial charge in [0.25, 0.3) is 0 Å². The van der Waals surface area contributed by atoms with Crippen LogP contribution in [-0.2, 0) is 39.2 Å². The van der Waals surface area contributed by atoms with Crippen LogP contribution >= 0.6 is 0 Å². The third-order valence-corrected chi connectivity index (χ3v) is 0.632. The summed E-state index contributed by atoms with van der Waals surface area (Å²) in [5, 5.41) is 15.1. The maximum Gasteiger partial charge on any atom is 2.00 e. The maximum absolute atomic E-state index is 9.12. The first kappa shape index (κ1) is 17.7. The van der Waals surface area contributed by atoms with Gasteiger partial charge in [0.15, 0.2) is 0 Å². The molecule has 0 aromatic rings. The number of aliphatic hydroxyl groups is 2. The molecule has 0 rings (SSSR count). The van der Waals surface area contributed by atoms with Crippen molar-refractivity contribution in [3.05, 3.63) is 0 Å². The second-order valence-electron chi connectivity index (χ2n) is 0.866. The molecule has 0 aromatic carbocycles. The van der Waals surface area contributed by atoms with E-state index < -0.39 is 34.0 Å². The third kappa shape index (κ3) is 36.8. The Hall–Kier alpha value is 0.659. The van der Waals surface area contributed by atoms with Crippen molar-refractivity contribution in [2.75, 3.05) is 11.9 Å². The summed E-state index contributed by atoms with van der Waals surface area (Å²) in [6, 6.07) is 0. The van der Waals surface area contributed by atoms with E-state index in [-0.39, 0.29) is 17.1 Å². The van der Waals surface area contributed by atoms with Gasteiger partial charge in [-0.1, -0.05) is 0 Å². The van der Waals surface area contributed by atoms with Crippen molar-refractivity contribution in [1.82, 2.24) is 0 Å². The van der Waals surface area contributed by atoms with E-state index in [0.29, 0.717) is 0 Å². The van der Waals surface area contributed by atoms with Crippen LogP contribution in [0.15, 0.2) is 0 Å². The molecule has 73 valence electrons. The molecule has 0 aliphatic carbocycles. The first-order chi connectivity index (χ1) is 4.54. The molecule has 2 atom stereocenters. The zero-order valence-electron chi connectivity index (χ0n) is 5.06. The first-order valence-electron chi connectivity index (χ1n) is 1.88. The van der Waals surface area contributed by atoms with E-state index in [2.05, 4.69) is 0 Å². The Labute approximate surface area is 79.0 Å². The Morgan fingerprint density at radius 2 is 1.09 bits per heavy atom. The molecule has 0 aliphatic heterocycles. The quantitative estimate of drug-likeness (QED) is 0.419. The van der Waals surface area contributed by atoms with Gasteiger partial charge in [-0.25, -0.2) is 0 Å². The topological polar surface area (TPSA) is 121 Å². The molecule has 0 saturated carbocycles. The second-order valence-corrected chi connectivity index (χ2v) is 2.60. The van der Waals surface area contributed by atoms with Gasteiger partial charge in [0.1, 0.15) is 11.9 Å². The van der Waals surface area contributed by atoms with E-state index in [1.165, 1.54) is 0 Å². The number of hydrogen-bond acceptors (Lipinski definition) is 6. The van der Waals surface area contributed by atoms with Crippen LogP contribution in [0.4, 0.5) is 0 Å². The van der Waals surface area contributed by atoms with Crippen molar-refractivity contribution >= 4 is 22.2 Å². The normalized spacial score (nSPS) is 13.5. The van der Waals surface area contributed by atoms with Crippen LogP contribution in [0.3, 0.4) is 0 Å². The summed E-state index contributed by atoms with van der Waals surface area (Å²) in [4.78, 5) is 0. The zero-order chi connectivity index (χ0) is 8.57. The summed E-state index contributed by atoms with van der Waals surface area (Å²) in [6.45, 7) is 0. The van der Waals surface area contributed by atoms with Gasteiger partial charge in [0.05, 0.1) is 0 Å². The molecule has 0 spiro atoms. The van der Waals surface area contributed by atoms with Crippen LogP contribution < -0.4 is 0 Å². The molecule has 0 amide bonds. The van der Waals surface area contributed by atoms with Crippen LogP contribution in [0, 0.1) is 0 Å². The summed E-state index contributed by atoms with van der Waals surface area (Å²) < 4.78 is 36.5. The standard InChI is InChI=1S/2CH4O3S.Cu/c2*2-1-5(3)4;/h2*2H,1H2,(H,3,4);/q;;+2/p-2. The van der Waals surface area contributed by atoms with E-state index in [9.17, 15) is 0 Å². The summed E-state index contributed by atoms with van der Waals surface area (Å²) in [6.07, 6.45) is 0. The fraction of sp³-hybridized carbons (Fsp3) is 1.00. The van der Waals surface area contributed by atoms with Crippen molar-refractivity contribution < 1.29 is 44.8 Å². The van der Waals surface area contributed by atoms with Gasteiger partial charge in [0, 0.05) is 0 Å². The van der Waals surface area contributed by atoms with E-state index in [0.717, 1.165) is 0 Å². The smallest absolute Gasteiger partial charge is 0.771 e. The molecule has 2 unspecified atom stereocenters. The number of aliphatic hydroxyl groups excluding tert-OH is 2. The molecule has 0 aromatic heterocycles. The van der Waals surface area contributed by atoms with Gasteiger partial charge in [-0.05, 0) is 22.2 Å². The van der Waals surface area contributed by atoms with Gasteiger partial charge in [-0.3, -0.25) is 8.42 Å². The van der Waals surface area contributed by atoms with E-state index in [4.69, 9.17) is 27.7 Å². The van der Waals surface area contributed by atoms with Gasteiger partial charge >= 0.3 is 17.1 Å². The van der Waals surface area contributed by atoms with E-state index >= 15 is 0 Å². The average molecular weight is 254 g/mol.